The van der Waals surface area contributed by atoms with Gasteiger partial charge in [0.1, 0.15) is 17.1 Å². The summed E-state index contributed by atoms with van der Waals surface area (Å²) in [4.78, 5) is 23.4. The molecule has 31 heavy (non-hydrogen) atoms. The first-order valence-corrected chi connectivity index (χ1v) is 10.0. The van der Waals surface area contributed by atoms with Crippen molar-refractivity contribution < 1.29 is 42.1 Å². The molecule has 0 aliphatic heterocycles. The zero-order valence-electron chi connectivity index (χ0n) is 17.8. The van der Waals surface area contributed by atoms with E-state index in [0.29, 0.717) is 12.8 Å². The average molecular weight is 447 g/mol. The van der Waals surface area contributed by atoms with E-state index in [2.05, 4.69) is 5.32 Å². The summed E-state index contributed by atoms with van der Waals surface area (Å²) in [7, 11) is 0. The van der Waals surface area contributed by atoms with Gasteiger partial charge in [-0.2, -0.15) is 13.2 Å². The van der Waals surface area contributed by atoms with Crippen molar-refractivity contribution in [1.82, 2.24) is 5.32 Å². The molecule has 1 aliphatic carbocycles. The molecule has 0 atom stereocenters. The van der Waals surface area contributed by atoms with Crippen molar-refractivity contribution in [2.75, 3.05) is 6.61 Å². The first kappa shape index (κ1) is 24.6. The molecule has 0 heterocycles. The molecule has 2 N–H and O–H groups in total. The quantitative estimate of drug-likeness (QED) is 0.582. The second-order valence-corrected chi connectivity index (χ2v) is 8.53. The van der Waals surface area contributed by atoms with Gasteiger partial charge in [-0.3, -0.25) is 10.1 Å². The third kappa shape index (κ3) is 8.55. The van der Waals surface area contributed by atoms with Crippen molar-refractivity contribution in [3.05, 3.63) is 23.8 Å². The second kappa shape index (κ2) is 9.65. The number of hydrogen-bond acceptors (Lipinski definition) is 5. The zero-order chi connectivity index (χ0) is 23.3. The van der Waals surface area contributed by atoms with E-state index >= 15 is 0 Å². The van der Waals surface area contributed by atoms with Crippen LogP contribution in [0.2, 0.25) is 0 Å². The molecular weight excluding hydrogens is 419 g/mol. The summed E-state index contributed by atoms with van der Waals surface area (Å²) < 4.78 is 54.0. The van der Waals surface area contributed by atoms with Gasteiger partial charge in [0.2, 0.25) is 0 Å². The molecule has 0 saturated heterocycles. The Morgan fingerprint density at radius 1 is 1.13 bits per heavy atom. The smallest absolute Gasteiger partial charge is 0.422 e. The van der Waals surface area contributed by atoms with Crippen molar-refractivity contribution >= 4 is 12.1 Å². The summed E-state index contributed by atoms with van der Waals surface area (Å²) in [5.41, 5.74) is -1.71. The van der Waals surface area contributed by atoms with Crippen molar-refractivity contribution in [3.8, 4) is 11.5 Å². The highest BCUT2D eigenvalue weighted by Crippen LogP contribution is 2.34. The Kier molecular flexibility index (Phi) is 7.67. The molecule has 1 amide bonds. The van der Waals surface area contributed by atoms with Gasteiger partial charge < -0.3 is 19.3 Å². The van der Waals surface area contributed by atoms with Crippen molar-refractivity contribution in [3.63, 3.8) is 0 Å². The van der Waals surface area contributed by atoms with Crippen LogP contribution in [0.4, 0.5) is 18.0 Å². The molecule has 1 aromatic rings. The highest BCUT2D eigenvalue weighted by Gasteiger charge is 2.37. The van der Waals surface area contributed by atoms with Crippen molar-refractivity contribution in [2.45, 2.75) is 76.8 Å². The van der Waals surface area contributed by atoms with Crippen LogP contribution in [0.1, 0.15) is 58.4 Å². The summed E-state index contributed by atoms with van der Waals surface area (Å²) in [6.07, 6.45) is -2.25. The van der Waals surface area contributed by atoms with Gasteiger partial charge in [0, 0.05) is 24.5 Å². The molecule has 0 bridgehead atoms. The lowest BCUT2D eigenvalue weighted by atomic mass is 9.91. The first-order chi connectivity index (χ1) is 14.3. The van der Waals surface area contributed by atoms with Crippen LogP contribution < -0.4 is 14.8 Å². The number of carbonyl (C=O) groups excluding carboxylic acids is 1. The fourth-order valence-electron chi connectivity index (χ4n) is 3.29. The molecule has 174 valence electrons. The number of ether oxygens (including phenoxy) is 3. The third-order valence-electron chi connectivity index (χ3n) is 4.47. The minimum absolute atomic E-state index is 0.0851. The van der Waals surface area contributed by atoms with Crippen molar-refractivity contribution in [2.24, 2.45) is 0 Å². The summed E-state index contributed by atoms with van der Waals surface area (Å²) in [5.74, 6) is -1.29. The van der Waals surface area contributed by atoms with E-state index in [4.69, 9.17) is 19.3 Å². The summed E-state index contributed by atoms with van der Waals surface area (Å²) in [6.45, 7) is 3.62. The van der Waals surface area contributed by atoms with Crippen molar-refractivity contribution in [1.29, 1.82) is 0 Å². The Morgan fingerprint density at radius 3 is 2.32 bits per heavy atom. The van der Waals surface area contributed by atoms with Gasteiger partial charge in [0.25, 0.3) is 0 Å². The van der Waals surface area contributed by atoms with E-state index in [1.165, 1.54) is 18.2 Å². The number of aliphatic carboxylic acids is 1. The predicted octanol–water partition coefficient (Wildman–Crippen LogP) is 4.82. The molecule has 7 nitrogen and oxygen atoms in total. The second-order valence-electron chi connectivity index (χ2n) is 8.53. The molecule has 0 aromatic heterocycles. The molecule has 1 aromatic carbocycles. The lowest BCUT2D eigenvalue weighted by Crippen LogP contribution is -2.55. The molecule has 1 saturated carbocycles. The molecule has 10 heteroatoms. The van der Waals surface area contributed by atoms with Gasteiger partial charge in [-0.15, -0.1) is 0 Å². The van der Waals surface area contributed by atoms with Crippen LogP contribution in [0.3, 0.4) is 0 Å². The largest absolute Gasteiger partial charge is 0.484 e. The highest BCUT2D eigenvalue weighted by molar-refractivity contribution is 5.71. The standard InChI is InChI=1S/C21H28F3NO6/c1-19(2,3)31-18(28)25-20(9-5-4-6-10-20)30-15-8-7-14(11-17(26)27)16(12-15)29-13-21(22,23)24/h7-8,12H,4-6,9-11,13H2,1-3H3,(H,25,28)(H,26,27). The number of hydrogen-bond donors (Lipinski definition) is 2. The van der Waals surface area contributed by atoms with Gasteiger partial charge in [-0.1, -0.05) is 12.5 Å². The van der Waals surface area contributed by atoms with Gasteiger partial charge in [0.15, 0.2) is 12.3 Å². The van der Waals surface area contributed by atoms with Gasteiger partial charge in [-0.25, -0.2) is 4.79 Å². The Balaban J connectivity index is 2.26. The Hall–Kier alpha value is -2.65. The first-order valence-electron chi connectivity index (χ1n) is 10.0. The monoisotopic (exact) mass is 447 g/mol. The van der Waals surface area contributed by atoms with Gasteiger partial charge in [0.05, 0.1) is 6.42 Å². The summed E-state index contributed by atoms with van der Waals surface area (Å²) >= 11 is 0. The van der Waals surface area contributed by atoms with Crippen LogP contribution in [0.15, 0.2) is 18.2 Å². The maximum absolute atomic E-state index is 12.6. The third-order valence-corrected chi connectivity index (χ3v) is 4.47. The number of amides is 1. The number of alkyl halides is 3. The number of rotatable bonds is 7. The van der Waals surface area contributed by atoms with Crippen LogP contribution in [0.5, 0.6) is 11.5 Å². The zero-order valence-corrected chi connectivity index (χ0v) is 17.8. The Morgan fingerprint density at radius 2 is 1.77 bits per heavy atom. The van der Waals surface area contributed by atoms with E-state index in [0.717, 1.165) is 19.3 Å². The number of carbonyl (C=O) groups is 2. The maximum atomic E-state index is 12.6. The number of benzene rings is 1. The van der Waals surface area contributed by atoms with Gasteiger partial charge in [-0.05, 0) is 39.7 Å². The van der Waals surface area contributed by atoms with E-state index in [1.807, 2.05) is 0 Å². The predicted molar refractivity (Wildman–Crippen MR) is 105 cm³/mol. The number of carboxylic acid groups (broad SMARTS) is 1. The minimum atomic E-state index is -4.58. The van der Waals surface area contributed by atoms with E-state index in [9.17, 15) is 22.8 Å². The molecule has 0 radical (unpaired) electrons. The lowest BCUT2D eigenvalue weighted by molar-refractivity contribution is -0.153. The average Bonchev–Trinajstić information content (AvgIpc) is 2.59. The van der Waals surface area contributed by atoms with Crippen LogP contribution >= 0.6 is 0 Å². The lowest BCUT2D eigenvalue weighted by Gasteiger charge is -2.38. The molecule has 0 unspecified atom stereocenters. The number of nitrogens with one attached hydrogen (secondary N) is 1. The number of halogens is 3. The molecule has 1 aliphatic rings. The minimum Gasteiger partial charge on any atom is -0.484 e. The Labute approximate surface area is 178 Å². The summed E-state index contributed by atoms with van der Waals surface area (Å²) in [5, 5.41) is 11.8. The van der Waals surface area contributed by atoms with Gasteiger partial charge >= 0.3 is 18.2 Å². The van der Waals surface area contributed by atoms with E-state index < -0.39 is 42.6 Å². The summed E-state index contributed by atoms with van der Waals surface area (Å²) in [6, 6.07) is 4.02. The fourth-order valence-corrected chi connectivity index (χ4v) is 3.29. The van der Waals surface area contributed by atoms with E-state index in [-0.39, 0.29) is 17.1 Å². The van der Waals surface area contributed by atoms with Crippen LogP contribution in [0.25, 0.3) is 0 Å². The van der Waals surface area contributed by atoms with Crippen LogP contribution in [-0.4, -0.2) is 41.3 Å². The highest BCUT2D eigenvalue weighted by atomic mass is 19.4. The van der Waals surface area contributed by atoms with Crippen LogP contribution in [0, 0.1) is 0 Å². The molecule has 2 rings (SSSR count). The normalized spacial score (nSPS) is 16.3. The molecule has 1 fully saturated rings. The van der Waals surface area contributed by atoms with E-state index in [1.54, 1.807) is 20.8 Å². The number of carboxylic acids is 1. The molecular formula is C21H28F3NO6. The van der Waals surface area contributed by atoms with Crippen LogP contribution in [-0.2, 0) is 16.0 Å². The molecule has 0 spiro atoms. The maximum Gasteiger partial charge on any atom is 0.422 e. The SMILES string of the molecule is CC(C)(C)OC(=O)NC1(Oc2ccc(CC(=O)O)c(OCC(F)(F)F)c2)CCCCC1. The Bertz CT molecular complexity index is 782. The topological polar surface area (TPSA) is 94.1 Å². The number of alkyl carbamates (subject to hydrolysis) is 1. The fraction of sp³-hybridized carbons (Fsp3) is 0.619.